The molecule has 4 N–H and O–H groups in total. The van der Waals surface area contributed by atoms with Gasteiger partial charge in [0.25, 0.3) is 0 Å². The van der Waals surface area contributed by atoms with Crippen LogP contribution in [0.5, 0.6) is 5.75 Å². The molecule has 0 bridgehead atoms. The van der Waals surface area contributed by atoms with Crippen LogP contribution in [-0.2, 0) is 10.9 Å². The summed E-state index contributed by atoms with van der Waals surface area (Å²) in [6, 6.07) is 3.47. The van der Waals surface area contributed by atoms with Crippen molar-refractivity contribution in [2.24, 2.45) is 0 Å². The third kappa shape index (κ3) is 3.77. The molecule has 1 unspecified atom stereocenters. The summed E-state index contributed by atoms with van der Waals surface area (Å²) < 4.78 is 54.3. The number of aliphatic hydroxyl groups excluding tert-OH is 4. The van der Waals surface area contributed by atoms with E-state index in [4.69, 9.17) is 19.0 Å². The second-order valence-corrected chi connectivity index (χ2v) is 5.95. The third-order valence-electron chi connectivity index (χ3n) is 4.12. The lowest BCUT2D eigenvalue weighted by Crippen LogP contribution is -2.60. The van der Waals surface area contributed by atoms with Gasteiger partial charge < -0.3 is 34.3 Å². The van der Waals surface area contributed by atoms with E-state index in [9.17, 15) is 33.3 Å². The zero-order valence-corrected chi connectivity index (χ0v) is 13.5. The van der Waals surface area contributed by atoms with Crippen molar-refractivity contribution in [3.8, 4) is 5.75 Å². The predicted molar refractivity (Wildman–Crippen MR) is 81.9 cm³/mol. The molecule has 11 heteroatoms. The van der Waals surface area contributed by atoms with Crippen LogP contribution in [0.25, 0.3) is 11.0 Å². The zero-order valence-electron chi connectivity index (χ0n) is 13.5. The van der Waals surface area contributed by atoms with Crippen LogP contribution in [0.1, 0.15) is 5.56 Å². The SMILES string of the molecule is O=c1cc(C(F)(F)F)c2ccc(O[C@@H]3OC(CO)[C@H](O)[C@@H](O)[C@H]3O)cc2o1. The Morgan fingerprint density at radius 1 is 1.07 bits per heavy atom. The van der Waals surface area contributed by atoms with Gasteiger partial charge in [0.1, 0.15) is 35.7 Å². The molecule has 27 heavy (non-hydrogen) atoms. The molecule has 2 aromatic rings. The molecule has 0 saturated carbocycles. The number of halogens is 3. The summed E-state index contributed by atoms with van der Waals surface area (Å²) in [6.45, 7) is -0.674. The molecule has 1 fully saturated rings. The molecule has 148 valence electrons. The molecule has 8 nitrogen and oxygen atoms in total. The Morgan fingerprint density at radius 3 is 2.41 bits per heavy atom. The molecule has 1 aliphatic heterocycles. The minimum Gasteiger partial charge on any atom is -0.462 e. The monoisotopic (exact) mass is 392 g/mol. The Balaban J connectivity index is 1.93. The molecule has 0 aliphatic carbocycles. The number of alkyl halides is 3. The van der Waals surface area contributed by atoms with Crippen molar-refractivity contribution in [1.29, 1.82) is 0 Å². The summed E-state index contributed by atoms with van der Waals surface area (Å²) in [4.78, 5) is 11.4. The van der Waals surface area contributed by atoms with E-state index in [1.807, 2.05) is 0 Å². The van der Waals surface area contributed by atoms with Crippen molar-refractivity contribution in [2.45, 2.75) is 36.9 Å². The molecule has 1 aliphatic rings. The normalized spacial score (nSPS) is 29.1. The van der Waals surface area contributed by atoms with Gasteiger partial charge in [0.2, 0.25) is 6.29 Å². The average molecular weight is 392 g/mol. The molecule has 0 radical (unpaired) electrons. The standard InChI is InChI=1S/C16H15F3O8/c17-16(18,19)8-4-11(21)26-9-3-6(1-2-7(8)9)25-15-14(24)13(23)12(22)10(5-20)27-15/h1-4,10,12-15,20,22-24H,5H2/t10?,12-,13+,14+,15+/m0/s1. The fraction of sp³-hybridized carbons (Fsp3) is 0.438. The molecule has 1 aromatic carbocycles. The highest BCUT2D eigenvalue weighted by Gasteiger charge is 2.44. The molecule has 2 heterocycles. The first-order valence-corrected chi connectivity index (χ1v) is 7.74. The van der Waals surface area contributed by atoms with E-state index in [1.165, 1.54) is 0 Å². The first-order chi connectivity index (χ1) is 12.6. The first kappa shape index (κ1) is 19.6. The highest BCUT2D eigenvalue weighted by molar-refractivity contribution is 5.82. The molecule has 1 aromatic heterocycles. The van der Waals surface area contributed by atoms with Crippen LogP contribution < -0.4 is 10.4 Å². The summed E-state index contributed by atoms with van der Waals surface area (Å²) in [5.74, 6) is -0.130. The topological polar surface area (TPSA) is 130 Å². The molecule has 5 atom stereocenters. The van der Waals surface area contributed by atoms with Gasteiger partial charge >= 0.3 is 11.8 Å². The fourth-order valence-electron chi connectivity index (χ4n) is 2.75. The summed E-state index contributed by atoms with van der Waals surface area (Å²) in [6.07, 6.45) is -12.5. The zero-order chi connectivity index (χ0) is 19.9. The van der Waals surface area contributed by atoms with Gasteiger partial charge in [0, 0.05) is 17.5 Å². The Kier molecular flexibility index (Phi) is 5.14. The van der Waals surface area contributed by atoms with Crippen LogP contribution in [-0.4, -0.2) is 57.7 Å². The van der Waals surface area contributed by atoms with E-state index < -0.39 is 60.3 Å². The second kappa shape index (κ2) is 7.09. The Hall–Kier alpha value is -2.18. The van der Waals surface area contributed by atoms with Gasteiger partial charge in [-0.05, 0) is 12.1 Å². The third-order valence-corrected chi connectivity index (χ3v) is 4.12. The van der Waals surface area contributed by atoms with E-state index in [2.05, 4.69) is 0 Å². The Morgan fingerprint density at radius 2 is 1.78 bits per heavy atom. The van der Waals surface area contributed by atoms with E-state index >= 15 is 0 Å². The molecule has 0 amide bonds. The van der Waals surface area contributed by atoms with Gasteiger partial charge in [-0.1, -0.05) is 0 Å². The van der Waals surface area contributed by atoms with Crippen LogP contribution in [0.4, 0.5) is 13.2 Å². The molecule has 0 spiro atoms. The van der Waals surface area contributed by atoms with Crippen molar-refractivity contribution in [3.05, 3.63) is 40.2 Å². The van der Waals surface area contributed by atoms with E-state index in [0.717, 1.165) is 18.2 Å². The van der Waals surface area contributed by atoms with Crippen LogP contribution in [0.3, 0.4) is 0 Å². The summed E-state index contributed by atoms with van der Waals surface area (Å²) in [5, 5.41) is 38.1. The van der Waals surface area contributed by atoms with Crippen molar-refractivity contribution in [3.63, 3.8) is 0 Å². The van der Waals surface area contributed by atoms with Gasteiger partial charge in [-0.2, -0.15) is 13.2 Å². The summed E-state index contributed by atoms with van der Waals surface area (Å²) >= 11 is 0. The maximum absolute atomic E-state index is 13.0. The van der Waals surface area contributed by atoms with Crippen molar-refractivity contribution in [1.82, 2.24) is 0 Å². The quantitative estimate of drug-likeness (QED) is 0.537. The lowest BCUT2D eigenvalue weighted by Gasteiger charge is -2.39. The lowest BCUT2D eigenvalue weighted by atomic mass is 9.99. The Bertz CT molecular complexity index is 878. The highest BCUT2D eigenvalue weighted by Crippen LogP contribution is 2.35. The van der Waals surface area contributed by atoms with Crippen LogP contribution in [0.2, 0.25) is 0 Å². The maximum atomic E-state index is 13.0. The van der Waals surface area contributed by atoms with Gasteiger partial charge in [-0.25, -0.2) is 4.79 Å². The van der Waals surface area contributed by atoms with E-state index in [-0.39, 0.29) is 11.1 Å². The molecule has 1 saturated heterocycles. The maximum Gasteiger partial charge on any atom is 0.417 e. The number of fused-ring (bicyclic) bond motifs is 1. The van der Waals surface area contributed by atoms with E-state index in [0.29, 0.717) is 6.07 Å². The number of hydrogen-bond donors (Lipinski definition) is 4. The van der Waals surface area contributed by atoms with Crippen LogP contribution >= 0.6 is 0 Å². The lowest BCUT2D eigenvalue weighted by molar-refractivity contribution is -0.277. The van der Waals surface area contributed by atoms with Crippen molar-refractivity contribution in [2.75, 3.05) is 6.61 Å². The fourth-order valence-corrected chi connectivity index (χ4v) is 2.75. The minimum absolute atomic E-state index is 0.130. The predicted octanol–water partition coefficient (Wildman–Crippen LogP) is -0.00950. The van der Waals surface area contributed by atoms with E-state index in [1.54, 1.807) is 0 Å². The number of hydrogen-bond acceptors (Lipinski definition) is 8. The molecular formula is C16H15F3O8. The van der Waals surface area contributed by atoms with Gasteiger partial charge in [0.05, 0.1) is 12.2 Å². The molecular weight excluding hydrogens is 377 g/mol. The van der Waals surface area contributed by atoms with Gasteiger partial charge in [-0.15, -0.1) is 0 Å². The largest absolute Gasteiger partial charge is 0.462 e. The Labute approximate surface area is 149 Å². The number of ether oxygens (including phenoxy) is 2. The van der Waals surface area contributed by atoms with Crippen molar-refractivity contribution >= 4 is 11.0 Å². The smallest absolute Gasteiger partial charge is 0.417 e. The minimum atomic E-state index is -4.77. The number of aliphatic hydroxyl groups is 4. The van der Waals surface area contributed by atoms with Crippen molar-refractivity contribution < 1.29 is 47.5 Å². The second-order valence-electron chi connectivity index (χ2n) is 5.95. The number of benzene rings is 1. The molecule has 3 rings (SSSR count). The summed E-state index contributed by atoms with van der Waals surface area (Å²) in [5.41, 5.74) is -2.79. The highest BCUT2D eigenvalue weighted by atomic mass is 19.4. The average Bonchev–Trinajstić information content (AvgIpc) is 2.60. The number of rotatable bonds is 3. The van der Waals surface area contributed by atoms with Crippen LogP contribution in [0, 0.1) is 0 Å². The summed E-state index contributed by atoms with van der Waals surface area (Å²) in [7, 11) is 0. The van der Waals surface area contributed by atoms with Gasteiger partial charge in [-0.3, -0.25) is 0 Å². The van der Waals surface area contributed by atoms with Crippen LogP contribution in [0.15, 0.2) is 33.5 Å². The first-order valence-electron chi connectivity index (χ1n) is 7.74. The van der Waals surface area contributed by atoms with Gasteiger partial charge in [0.15, 0.2) is 0 Å².